The summed E-state index contributed by atoms with van der Waals surface area (Å²) in [6.45, 7) is 0. The van der Waals surface area contributed by atoms with Crippen LogP contribution in [-0.4, -0.2) is 9.13 Å². The summed E-state index contributed by atoms with van der Waals surface area (Å²) in [6, 6.07) is 71.0. The molecule has 2 heterocycles. The summed E-state index contributed by atoms with van der Waals surface area (Å²) in [5.41, 5.74) is 12.1. The van der Waals surface area contributed by atoms with Crippen LogP contribution in [0.3, 0.4) is 0 Å². The van der Waals surface area contributed by atoms with Gasteiger partial charge in [-0.2, -0.15) is 0 Å². The third kappa shape index (κ3) is 4.31. The number of fused-ring (bicyclic) bond motifs is 8. The highest BCUT2D eigenvalue weighted by atomic mass is 15.0. The Morgan fingerprint density at radius 2 is 0.596 bits per heavy atom. The molecule has 0 unspecified atom stereocenters. The number of rotatable bonds is 4. The first-order valence-corrected chi connectivity index (χ1v) is 17.9. The van der Waals surface area contributed by atoms with E-state index in [1.165, 1.54) is 98.8 Å². The van der Waals surface area contributed by atoms with Crippen LogP contribution >= 0.6 is 0 Å². The monoisotopic (exact) mass is 660 g/mol. The third-order valence-electron chi connectivity index (χ3n) is 10.9. The van der Waals surface area contributed by atoms with E-state index in [2.05, 4.69) is 203 Å². The maximum absolute atomic E-state index is 2.40. The lowest BCUT2D eigenvalue weighted by Gasteiger charge is -2.14. The molecule has 0 N–H and O–H groups in total. The van der Waals surface area contributed by atoms with Crippen LogP contribution in [0.25, 0.3) is 98.8 Å². The molecule has 0 fully saturated rings. The van der Waals surface area contributed by atoms with Gasteiger partial charge in [0.2, 0.25) is 0 Å². The molecule has 0 saturated heterocycles. The van der Waals surface area contributed by atoms with Crippen LogP contribution in [0.2, 0.25) is 0 Å². The van der Waals surface area contributed by atoms with Crippen LogP contribution < -0.4 is 0 Å². The van der Waals surface area contributed by atoms with Gasteiger partial charge in [-0.15, -0.1) is 0 Å². The minimum atomic E-state index is 1.17. The number of para-hydroxylation sites is 4. The van der Waals surface area contributed by atoms with Gasteiger partial charge in [-0.1, -0.05) is 133 Å². The molecule has 0 aliphatic rings. The van der Waals surface area contributed by atoms with Gasteiger partial charge in [-0.05, 0) is 104 Å². The van der Waals surface area contributed by atoms with Gasteiger partial charge in [0.1, 0.15) is 0 Å². The Hall–Kier alpha value is -6.90. The molecule has 2 nitrogen and oxygen atoms in total. The van der Waals surface area contributed by atoms with Crippen LogP contribution in [0.1, 0.15) is 0 Å². The smallest absolute Gasteiger partial charge is 0.0541 e. The first-order chi connectivity index (χ1) is 25.8. The summed E-state index contributed by atoms with van der Waals surface area (Å²) < 4.78 is 4.76. The molecule has 2 heteroatoms. The molecule has 0 spiro atoms. The number of aromatic nitrogens is 2. The lowest BCUT2D eigenvalue weighted by atomic mass is 9.92. The van der Waals surface area contributed by atoms with E-state index in [4.69, 9.17) is 0 Å². The van der Waals surface area contributed by atoms with Crippen LogP contribution in [-0.2, 0) is 0 Å². The molecule has 242 valence electrons. The van der Waals surface area contributed by atoms with Gasteiger partial charge in [0, 0.05) is 32.9 Å². The molecule has 0 aliphatic heterocycles. The third-order valence-corrected chi connectivity index (χ3v) is 10.9. The number of hydrogen-bond donors (Lipinski definition) is 0. The van der Waals surface area contributed by atoms with Gasteiger partial charge in [0.15, 0.2) is 0 Å². The molecule has 2 aromatic heterocycles. The van der Waals surface area contributed by atoms with Crippen LogP contribution in [0.4, 0.5) is 0 Å². The fourth-order valence-corrected chi connectivity index (χ4v) is 8.54. The Labute approximate surface area is 301 Å². The van der Waals surface area contributed by atoms with E-state index in [9.17, 15) is 0 Å². The Morgan fingerprint density at radius 3 is 0.962 bits per heavy atom. The summed E-state index contributed by atoms with van der Waals surface area (Å²) in [7, 11) is 0. The van der Waals surface area contributed by atoms with Crippen molar-refractivity contribution < 1.29 is 0 Å². The first-order valence-electron chi connectivity index (χ1n) is 17.9. The van der Waals surface area contributed by atoms with Gasteiger partial charge in [0.25, 0.3) is 0 Å². The minimum absolute atomic E-state index is 1.17. The Morgan fingerprint density at radius 1 is 0.250 bits per heavy atom. The molecule has 0 aliphatic carbocycles. The molecule has 0 radical (unpaired) electrons. The van der Waals surface area contributed by atoms with E-state index in [1.54, 1.807) is 0 Å². The molecular formula is C50H32N2. The fourth-order valence-electron chi connectivity index (χ4n) is 8.54. The number of nitrogens with zero attached hydrogens (tertiary/aromatic N) is 2. The SMILES string of the molecule is c1cc(-c2ccc(-n3c4ccccc4c4ccccc43)cc2)c2cc3c(-c4ccc(-n5c6ccccc6c6ccccc65)cc4)cccc3cc2c1. The Kier molecular flexibility index (Phi) is 6.28. The molecule has 0 bridgehead atoms. The van der Waals surface area contributed by atoms with Crippen molar-refractivity contribution in [2.75, 3.05) is 0 Å². The summed E-state index contributed by atoms with van der Waals surface area (Å²) in [4.78, 5) is 0. The highest BCUT2D eigenvalue weighted by Crippen LogP contribution is 2.38. The standard InChI is InChI=1S/C50H32N2/c1-5-19-47-41(13-1)42-14-2-6-20-48(42)51(47)37-27-23-33(24-28-37)39-17-9-11-35-31-36-12-10-18-40(46(36)32-45(35)39)34-25-29-38(30-26-34)52-49-21-7-3-15-43(49)44-16-4-8-22-50(44)52/h1-32H. The molecule has 0 amide bonds. The number of benzene rings is 9. The maximum atomic E-state index is 2.40. The quantitative estimate of drug-likeness (QED) is 0.166. The molecule has 0 saturated carbocycles. The zero-order valence-corrected chi connectivity index (χ0v) is 28.4. The second-order valence-electron chi connectivity index (χ2n) is 13.7. The minimum Gasteiger partial charge on any atom is -0.309 e. The molecule has 0 atom stereocenters. The van der Waals surface area contributed by atoms with Gasteiger partial charge in [0.05, 0.1) is 22.1 Å². The van der Waals surface area contributed by atoms with Crippen LogP contribution in [0.15, 0.2) is 194 Å². The summed E-state index contributed by atoms with van der Waals surface area (Å²) in [5.74, 6) is 0. The summed E-state index contributed by atoms with van der Waals surface area (Å²) in [6.07, 6.45) is 0. The lowest BCUT2D eigenvalue weighted by molar-refractivity contribution is 1.18. The Bertz CT molecular complexity index is 2840. The van der Waals surface area contributed by atoms with Crippen molar-refractivity contribution in [3.8, 4) is 33.6 Å². The maximum Gasteiger partial charge on any atom is 0.0541 e. The summed E-state index contributed by atoms with van der Waals surface area (Å²) >= 11 is 0. The van der Waals surface area contributed by atoms with Crippen molar-refractivity contribution in [2.45, 2.75) is 0 Å². The lowest BCUT2D eigenvalue weighted by Crippen LogP contribution is -1.94. The second kappa shape index (κ2) is 11.3. The van der Waals surface area contributed by atoms with E-state index < -0.39 is 0 Å². The highest BCUT2D eigenvalue weighted by molar-refractivity contribution is 6.11. The summed E-state index contributed by atoms with van der Waals surface area (Å²) in [5, 5.41) is 10.1. The fraction of sp³-hybridized carbons (Fsp3) is 0. The normalized spacial score (nSPS) is 11.8. The van der Waals surface area contributed by atoms with Gasteiger partial charge in [-0.25, -0.2) is 0 Å². The largest absolute Gasteiger partial charge is 0.309 e. The number of hydrogen-bond acceptors (Lipinski definition) is 0. The van der Waals surface area contributed by atoms with E-state index >= 15 is 0 Å². The topological polar surface area (TPSA) is 9.86 Å². The second-order valence-corrected chi connectivity index (χ2v) is 13.7. The zero-order chi connectivity index (χ0) is 34.2. The van der Waals surface area contributed by atoms with Crippen LogP contribution in [0.5, 0.6) is 0 Å². The molecule has 11 aromatic rings. The molecule has 52 heavy (non-hydrogen) atoms. The predicted molar refractivity (Wildman–Crippen MR) is 221 cm³/mol. The van der Waals surface area contributed by atoms with Crippen LogP contribution in [0, 0.1) is 0 Å². The highest BCUT2D eigenvalue weighted by Gasteiger charge is 2.15. The van der Waals surface area contributed by atoms with E-state index in [0.717, 1.165) is 0 Å². The van der Waals surface area contributed by atoms with Crippen molar-refractivity contribution >= 4 is 65.2 Å². The molecule has 9 aromatic carbocycles. The average Bonchev–Trinajstić information content (AvgIpc) is 3.73. The van der Waals surface area contributed by atoms with Gasteiger partial charge in [-0.3, -0.25) is 0 Å². The average molecular weight is 661 g/mol. The van der Waals surface area contributed by atoms with E-state index in [-0.39, 0.29) is 0 Å². The first kappa shape index (κ1) is 28.9. The zero-order valence-electron chi connectivity index (χ0n) is 28.4. The predicted octanol–water partition coefficient (Wildman–Crippen LogP) is 13.5. The van der Waals surface area contributed by atoms with Gasteiger partial charge >= 0.3 is 0 Å². The van der Waals surface area contributed by atoms with E-state index in [1.807, 2.05) is 0 Å². The molecule has 11 rings (SSSR count). The van der Waals surface area contributed by atoms with Crippen molar-refractivity contribution in [2.24, 2.45) is 0 Å². The Balaban J connectivity index is 1.01. The van der Waals surface area contributed by atoms with Crippen molar-refractivity contribution in [3.05, 3.63) is 194 Å². The molecular weight excluding hydrogens is 629 g/mol. The van der Waals surface area contributed by atoms with Crippen molar-refractivity contribution in [1.29, 1.82) is 0 Å². The van der Waals surface area contributed by atoms with E-state index in [0.29, 0.717) is 0 Å². The van der Waals surface area contributed by atoms with Crippen molar-refractivity contribution in [1.82, 2.24) is 9.13 Å². The van der Waals surface area contributed by atoms with Gasteiger partial charge < -0.3 is 9.13 Å². The van der Waals surface area contributed by atoms with Crippen molar-refractivity contribution in [3.63, 3.8) is 0 Å².